The molecule has 5 atom stereocenters. The molecule has 234 valence electrons. The monoisotopic (exact) mass is 631 g/mol. The Labute approximate surface area is 252 Å². The van der Waals surface area contributed by atoms with Crippen molar-refractivity contribution in [2.45, 2.75) is 61.8 Å². The molecular formula is C31H32F3N3O6S. The smallest absolute Gasteiger partial charge is 0.264 e. The number of nitrogens with zero attached hydrogens (tertiary/aromatic N) is 1. The first-order valence-corrected chi connectivity index (χ1v) is 16.4. The first-order valence-electron chi connectivity index (χ1n) is 14.5. The summed E-state index contributed by atoms with van der Waals surface area (Å²) in [6.45, 7) is 0.338. The zero-order chi connectivity index (χ0) is 31.6. The first-order chi connectivity index (χ1) is 20.7. The standard InChI is InChI=1S/C31H32F3N3O6S/c1-44(42,43)25(32)15-18(14-17-12-13-35-27(17)38)36-28(39)26-24-11-10-19(16-30(24,33)34)37(26)29(40)31(41)22-8-4-2-6-20(22)21-7-3-5-9-23(21)31/h2-9,15,17-19,24,26,41H,10-14,16H2,1H3,(H,35,38)(H,36,39)/b25-15+/t17-,18+,19+,24+,26+/m1/s1. The maximum atomic E-state index is 15.4. The van der Waals surface area contributed by atoms with Crippen molar-refractivity contribution in [3.8, 4) is 11.1 Å². The van der Waals surface area contributed by atoms with Crippen LogP contribution in [0, 0.1) is 11.8 Å². The Morgan fingerprint density at radius 3 is 2.25 bits per heavy atom. The maximum Gasteiger partial charge on any atom is 0.264 e. The van der Waals surface area contributed by atoms with Crippen LogP contribution in [0.1, 0.15) is 43.2 Å². The van der Waals surface area contributed by atoms with Gasteiger partial charge in [-0.2, -0.15) is 4.39 Å². The number of hydrogen-bond acceptors (Lipinski definition) is 6. The molecular weight excluding hydrogens is 599 g/mol. The summed E-state index contributed by atoms with van der Waals surface area (Å²) >= 11 is 0. The Bertz CT molecular complexity index is 1630. The summed E-state index contributed by atoms with van der Waals surface area (Å²) in [7, 11) is -4.31. The van der Waals surface area contributed by atoms with Crippen LogP contribution >= 0.6 is 0 Å². The van der Waals surface area contributed by atoms with E-state index < -0.39 is 74.7 Å². The molecule has 1 saturated carbocycles. The van der Waals surface area contributed by atoms with Gasteiger partial charge in [0, 0.05) is 42.3 Å². The number of carbonyl (C=O) groups excluding carboxylic acids is 3. The van der Waals surface area contributed by atoms with E-state index in [9.17, 15) is 32.3 Å². The van der Waals surface area contributed by atoms with Crippen molar-refractivity contribution in [1.82, 2.24) is 15.5 Å². The van der Waals surface area contributed by atoms with Gasteiger partial charge >= 0.3 is 0 Å². The Morgan fingerprint density at radius 1 is 1.09 bits per heavy atom. The third kappa shape index (κ3) is 4.90. The van der Waals surface area contributed by atoms with Gasteiger partial charge in [0.15, 0.2) is 5.60 Å². The number of alkyl halides is 2. The number of fused-ring (bicyclic) bond motifs is 6. The average molecular weight is 632 g/mol. The lowest BCUT2D eigenvalue weighted by Crippen LogP contribution is -2.70. The van der Waals surface area contributed by atoms with Gasteiger partial charge in [0.25, 0.3) is 11.8 Å². The minimum absolute atomic E-state index is 0.0750. The highest BCUT2D eigenvalue weighted by Gasteiger charge is 2.63. The largest absolute Gasteiger partial charge is 0.372 e. The molecule has 9 nitrogen and oxygen atoms in total. The van der Waals surface area contributed by atoms with Gasteiger partial charge in [-0.3, -0.25) is 14.4 Å². The number of carbonyl (C=O) groups is 3. The zero-order valence-corrected chi connectivity index (χ0v) is 24.6. The van der Waals surface area contributed by atoms with Crippen LogP contribution in [-0.4, -0.2) is 73.0 Å². The highest BCUT2D eigenvalue weighted by Crippen LogP contribution is 2.53. The minimum Gasteiger partial charge on any atom is -0.372 e. The molecule has 13 heteroatoms. The van der Waals surface area contributed by atoms with Crippen LogP contribution in [0.25, 0.3) is 11.1 Å². The number of halogens is 3. The van der Waals surface area contributed by atoms with Gasteiger partial charge in [-0.1, -0.05) is 48.5 Å². The van der Waals surface area contributed by atoms with Crippen molar-refractivity contribution in [2.75, 3.05) is 12.8 Å². The van der Waals surface area contributed by atoms with Gasteiger partial charge in [-0.25, -0.2) is 17.2 Å². The van der Waals surface area contributed by atoms with E-state index in [4.69, 9.17) is 0 Å². The number of sulfone groups is 1. The lowest BCUT2D eigenvalue weighted by atomic mass is 9.70. The van der Waals surface area contributed by atoms with Crippen LogP contribution in [0.15, 0.2) is 59.8 Å². The molecule has 3 aliphatic heterocycles. The Hall–Kier alpha value is -3.71. The van der Waals surface area contributed by atoms with Crippen LogP contribution < -0.4 is 10.6 Å². The Kier molecular flexibility index (Phi) is 7.39. The van der Waals surface area contributed by atoms with Crippen molar-refractivity contribution in [3.63, 3.8) is 0 Å². The average Bonchev–Trinajstić information content (AvgIpc) is 3.50. The topological polar surface area (TPSA) is 133 Å². The zero-order valence-electron chi connectivity index (χ0n) is 23.8. The molecule has 4 fully saturated rings. The van der Waals surface area contributed by atoms with E-state index >= 15 is 8.78 Å². The van der Waals surface area contributed by atoms with Crippen molar-refractivity contribution < 1.29 is 41.1 Å². The summed E-state index contributed by atoms with van der Waals surface area (Å²) in [5.74, 6) is -7.94. The van der Waals surface area contributed by atoms with E-state index in [0.29, 0.717) is 36.4 Å². The lowest BCUT2D eigenvalue weighted by molar-refractivity contribution is -0.201. The van der Waals surface area contributed by atoms with Crippen molar-refractivity contribution >= 4 is 27.6 Å². The molecule has 44 heavy (non-hydrogen) atoms. The summed E-state index contributed by atoms with van der Waals surface area (Å²) in [4.78, 5) is 41.8. The molecule has 0 radical (unpaired) electrons. The number of piperidine rings is 2. The quantitative estimate of drug-likeness (QED) is 0.431. The molecule has 3 heterocycles. The second-order valence-corrected chi connectivity index (χ2v) is 14.1. The van der Waals surface area contributed by atoms with E-state index in [2.05, 4.69) is 10.6 Å². The third-order valence-electron chi connectivity index (χ3n) is 9.39. The van der Waals surface area contributed by atoms with Crippen molar-refractivity contribution in [2.24, 2.45) is 11.8 Å². The number of aliphatic hydroxyl groups is 1. The number of hydrogen-bond donors (Lipinski definition) is 3. The summed E-state index contributed by atoms with van der Waals surface area (Å²) in [6.07, 6.45) is 0.872. The van der Waals surface area contributed by atoms with Gasteiger partial charge in [-0.05, 0) is 42.9 Å². The molecule has 2 aliphatic carbocycles. The highest BCUT2D eigenvalue weighted by molar-refractivity contribution is 7.94. The second-order valence-electron chi connectivity index (χ2n) is 12.1. The molecule has 3 N–H and O–H groups in total. The molecule has 3 saturated heterocycles. The molecule has 2 bridgehead atoms. The summed E-state index contributed by atoms with van der Waals surface area (Å²) in [6, 6.07) is 9.27. The number of rotatable bonds is 7. The molecule has 3 amide bonds. The molecule has 0 spiro atoms. The van der Waals surface area contributed by atoms with E-state index in [1.807, 2.05) is 0 Å². The normalized spacial score (nSPS) is 27.3. The molecule has 0 unspecified atom stereocenters. The van der Waals surface area contributed by atoms with E-state index in [1.54, 1.807) is 48.5 Å². The van der Waals surface area contributed by atoms with Gasteiger partial charge < -0.3 is 20.6 Å². The predicted octanol–water partition coefficient (Wildman–Crippen LogP) is 2.78. The molecule has 2 aromatic rings. The second kappa shape index (κ2) is 10.7. The first kappa shape index (κ1) is 30.3. The Balaban J connectivity index is 1.39. The van der Waals surface area contributed by atoms with Crippen LogP contribution in [0.4, 0.5) is 13.2 Å². The van der Waals surface area contributed by atoms with Crippen LogP contribution in [0.3, 0.4) is 0 Å². The summed E-state index contributed by atoms with van der Waals surface area (Å²) < 4.78 is 69.1. The van der Waals surface area contributed by atoms with Gasteiger partial charge in [-0.15, -0.1) is 0 Å². The Morgan fingerprint density at radius 2 is 1.70 bits per heavy atom. The third-order valence-corrected chi connectivity index (χ3v) is 10.2. The SMILES string of the molecule is CS(=O)(=O)/C(F)=C/[C@H](C[C@H]1CCNC1=O)NC(=O)[C@@H]1[C@@H]2CC[C@@H](CC2(F)F)N1C(=O)C1(O)c2ccccc2-c2ccccc21. The lowest BCUT2D eigenvalue weighted by Gasteiger charge is -2.55. The van der Waals surface area contributed by atoms with Crippen LogP contribution in [-0.2, 0) is 29.8 Å². The van der Waals surface area contributed by atoms with Crippen molar-refractivity contribution in [1.29, 1.82) is 0 Å². The maximum absolute atomic E-state index is 15.4. The fourth-order valence-electron chi connectivity index (χ4n) is 7.32. The fraction of sp³-hybridized carbons (Fsp3) is 0.452. The predicted molar refractivity (Wildman–Crippen MR) is 153 cm³/mol. The van der Waals surface area contributed by atoms with E-state index in [-0.39, 0.29) is 36.3 Å². The highest BCUT2D eigenvalue weighted by atomic mass is 32.2. The molecule has 0 aromatic heterocycles. The number of benzene rings is 2. The van der Waals surface area contributed by atoms with E-state index in [1.165, 1.54) is 0 Å². The van der Waals surface area contributed by atoms with Crippen LogP contribution in [0.5, 0.6) is 0 Å². The summed E-state index contributed by atoms with van der Waals surface area (Å²) in [5, 5.41) is 15.8. The molecule has 5 aliphatic rings. The van der Waals surface area contributed by atoms with E-state index in [0.717, 1.165) is 4.90 Å². The summed E-state index contributed by atoms with van der Waals surface area (Å²) in [5.41, 5.74) is -0.529. The molecule has 2 aromatic carbocycles. The minimum atomic E-state index is -4.31. The molecule has 7 rings (SSSR count). The van der Waals surface area contributed by atoms with Gasteiger partial charge in [0.2, 0.25) is 26.8 Å². The van der Waals surface area contributed by atoms with Crippen molar-refractivity contribution in [3.05, 3.63) is 70.9 Å². The van der Waals surface area contributed by atoms with Gasteiger partial charge in [0.05, 0.1) is 12.0 Å². The van der Waals surface area contributed by atoms with Crippen LogP contribution in [0.2, 0.25) is 0 Å². The number of nitrogens with one attached hydrogen (secondary N) is 2. The number of amides is 3. The van der Waals surface area contributed by atoms with Gasteiger partial charge in [0.1, 0.15) is 6.04 Å². The fourth-order valence-corrected chi connectivity index (χ4v) is 7.73.